The largest absolute Gasteiger partial charge is 0.383 e. The minimum atomic E-state index is -0.710. The molecule has 98 valence electrons. The number of nitrogen functional groups attached to an aromatic ring is 1. The second-order valence-electron chi connectivity index (χ2n) is 4.32. The summed E-state index contributed by atoms with van der Waals surface area (Å²) < 4.78 is 26.1. The van der Waals surface area contributed by atoms with Crippen LogP contribution in [-0.2, 0) is 6.42 Å². The van der Waals surface area contributed by atoms with Crippen LogP contribution in [0.5, 0.6) is 0 Å². The first-order valence-electron chi connectivity index (χ1n) is 5.66. The maximum absolute atomic E-state index is 13.0. The third-order valence-corrected chi connectivity index (χ3v) is 2.64. The molecule has 0 aliphatic heterocycles. The molecule has 19 heavy (non-hydrogen) atoms. The summed E-state index contributed by atoms with van der Waals surface area (Å²) in [7, 11) is 0. The van der Waals surface area contributed by atoms with Crippen LogP contribution >= 0.6 is 0 Å². The molecule has 0 saturated heterocycles. The lowest BCUT2D eigenvalue weighted by atomic mass is 10.0. The van der Waals surface area contributed by atoms with Crippen LogP contribution in [0.15, 0.2) is 30.5 Å². The zero-order chi connectivity index (χ0) is 14.0. The van der Waals surface area contributed by atoms with Gasteiger partial charge in [-0.1, -0.05) is 0 Å². The number of ketones is 1. The molecule has 0 aliphatic rings. The molecule has 0 unspecified atom stereocenters. The van der Waals surface area contributed by atoms with E-state index in [1.54, 1.807) is 19.2 Å². The average molecular weight is 262 g/mol. The molecule has 0 radical (unpaired) electrons. The highest BCUT2D eigenvalue weighted by Crippen LogP contribution is 2.15. The van der Waals surface area contributed by atoms with E-state index in [0.29, 0.717) is 0 Å². The van der Waals surface area contributed by atoms with Crippen LogP contribution in [0.25, 0.3) is 0 Å². The molecule has 1 aromatic heterocycles. The monoisotopic (exact) mass is 262 g/mol. The van der Waals surface area contributed by atoms with E-state index in [1.165, 1.54) is 0 Å². The summed E-state index contributed by atoms with van der Waals surface area (Å²) in [5, 5.41) is 0. The Kier molecular flexibility index (Phi) is 3.55. The normalized spacial score (nSPS) is 10.5. The number of carbonyl (C=O) groups excluding carboxylic acids is 1. The van der Waals surface area contributed by atoms with Gasteiger partial charge >= 0.3 is 0 Å². The van der Waals surface area contributed by atoms with Crippen molar-refractivity contribution in [2.75, 3.05) is 5.73 Å². The van der Waals surface area contributed by atoms with Crippen molar-refractivity contribution in [2.24, 2.45) is 0 Å². The van der Waals surface area contributed by atoms with E-state index in [2.05, 4.69) is 4.98 Å². The maximum Gasteiger partial charge on any atom is 0.170 e. The Hall–Kier alpha value is -2.30. The Bertz CT molecular complexity index is 621. The van der Waals surface area contributed by atoms with Crippen LogP contribution in [-0.4, -0.2) is 10.8 Å². The van der Waals surface area contributed by atoms with Gasteiger partial charge in [0, 0.05) is 18.7 Å². The Morgan fingerprint density at radius 2 is 1.84 bits per heavy atom. The highest BCUT2D eigenvalue weighted by Gasteiger charge is 2.13. The number of anilines is 1. The number of halogens is 2. The van der Waals surface area contributed by atoms with Crippen molar-refractivity contribution in [3.05, 3.63) is 58.8 Å². The van der Waals surface area contributed by atoms with E-state index in [-0.39, 0.29) is 29.1 Å². The lowest BCUT2D eigenvalue weighted by Gasteiger charge is -2.05. The van der Waals surface area contributed by atoms with Gasteiger partial charge < -0.3 is 5.73 Å². The number of benzene rings is 1. The number of Topliss-reactive ketones (excluding diaryl/α,β-unsaturated/α-hetero) is 1. The number of nitrogens with two attached hydrogens (primary N) is 1. The number of hydrogen-bond acceptors (Lipinski definition) is 3. The molecule has 2 rings (SSSR count). The van der Waals surface area contributed by atoms with E-state index < -0.39 is 11.6 Å². The van der Waals surface area contributed by atoms with Crippen LogP contribution in [0, 0.1) is 18.6 Å². The number of nitrogens with zero attached hydrogens (tertiary/aromatic N) is 1. The van der Waals surface area contributed by atoms with E-state index in [0.717, 1.165) is 23.8 Å². The highest BCUT2D eigenvalue weighted by atomic mass is 19.1. The van der Waals surface area contributed by atoms with Gasteiger partial charge in [0.2, 0.25) is 0 Å². The van der Waals surface area contributed by atoms with Gasteiger partial charge in [0.15, 0.2) is 5.78 Å². The van der Waals surface area contributed by atoms with Crippen molar-refractivity contribution >= 4 is 11.6 Å². The summed E-state index contributed by atoms with van der Waals surface area (Å²) in [5.74, 6) is -1.62. The van der Waals surface area contributed by atoms with Crippen molar-refractivity contribution in [2.45, 2.75) is 13.3 Å². The zero-order valence-electron chi connectivity index (χ0n) is 10.3. The molecule has 0 fully saturated rings. The van der Waals surface area contributed by atoms with Gasteiger partial charge in [0.25, 0.3) is 0 Å². The Balaban J connectivity index is 2.28. The van der Waals surface area contributed by atoms with E-state index in [9.17, 15) is 13.6 Å². The van der Waals surface area contributed by atoms with Gasteiger partial charge in [-0.25, -0.2) is 13.8 Å². The molecule has 0 amide bonds. The van der Waals surface area contributed by atoms with Gasteiger partial charge in [0.1, 0.15) is 17.5 Å². The maximum atomic E-state index is 13.0. The molecule has 3 nitrogen and oxygen atoms in total. The second kappa shape index (κ2) is 5.14. The summed E-state index contributed by atoms with van der Waals surface area (Å²) in [4.78, 5) is 15.9. The molecular weight excluding hydrogens is 250 g/mol. The van der Waals surface area contributed by atoms with Gasteiger partial charge in [0.05, 0.1) is 5.56 Å². The topological polar surface area (TPSA) is 56.0 Å². The van der Waals surface area contributed by atoms with Crippen LogP contribution in [0.4, 0.5) is 14.6 Å². The molecule has 0 aliphatic carbocycles. The van der Waals surface area contributed by atoms with Crippen molar-refractivity contribution in [3.63, 3.8) is 0 Å². The SMILES string of the molecule is Cc1cnc(N)c(C(=O)Cc2cc(F)cc(F)c2)c1. The molecular formula is C14H12F2N2O. The lowest BCUT2D eigenvalue weighted by Crippen LogP contribution is -2.09. The molecule has 0 saturated carbocycles. The fourth-order valence-electron chi connectivity index (χ4n) is 1.80. The van der Waals surface area contributed by atoms with Gasteiger partial charge in [-0.3, -0.25) is 4.79 Å². The Morgan fingerprint density at radius 3 is 2.47 bits per heavy atom. The first-order valence-corrected chi connectivity index (χ1v) is 5.66. The van der Waals surface area contributed by atoms with Crippen LogP contribution < -0.4 is 5.73 Å². The Labute approximate surface area is 109 Å². The third kappa shape index (κ3) is 3.13. The van der Waals surface area contributed by atoms with Gasteiger partial charge in [-0.15, -0.1) is 0 Å². The zero-order valence-corrected chi connectivity index (χ0v) is 10.3. The fourth-order valence-corrected chi connectivity index (χ4v) is 1.80. The summed E-state index contributed by atoms with van der Waals surface area (Å²) in [6.07, 6.45) is 1.43. The van der Waals surface area contributed by atoms with Gasteiger partial charge in [-0.05, 0) is 36.2 Å². The summed E-state index contributed by atoms with van der Waals surface area (Å²) in [6.45, 7) is 1.78. The number of hydrogen-bond donors (Lipinski definition) is 1. The minimum absolute atomic E-state index is 0.118. The molecule has 0 spiro atoms. The van der Waals surface area contributed by atoms with E-state index in [1.807, 2.05) is 0 Å². The van der Waals surface area contributed by atoms with Crippen LogP contribution in [0.1, 0.15) is 21.5 Å². The molecule has 2 aromatic rings. The number of carbonyl (C=O) groups is 1. The van der Waals surface area contributed by atoms with Crippen molar-refractivity contribution in [3.8, 4) is 0 Å². The number of rotatable bonds is 3. The summed E-state index contributed by atoms with van der Waals surface area (Å²) in [5.41, 5.74) is 6.95. The average Bonchev–Trinajstić information content (AvgIpc) is 2.30. The smallest absolute Gasteiger partial charge is 0.170 e. The standard InChI is InChI=1S/C14H12F2N2O/c1-8-2-12(14(17)18-7-8)13(19)5-9-3-10(15)6-11(16)4-9/h2-4,6-7H,5H2,1H3,(H2,17,18). The molecule has 1 aromatic carbocycles. The second-order valence-corrected chi connectivity index (χ2v) is 4.32. The Morgan fingerprint density at radius 1 is 1.21 bits per heavy atom. The lowest BCUT2D eigenvalue weighted by molar-refractivity contribution is 0.0993. The molecule has 0 atom stereocenters. The van der Waals surface area contributed by atoms with Crippen molar-refractivity contribution in [1.82, 2.24) is 4.98 Å². The van der Waals surface area contributed by atoms with Crippen LogP contribution in [0.3, 0.4) is 0 Å². The van der Waals surface area contributed by atoms with E-state index >= 15 is 0 Å². The first-order chi connectivity index (χ1) is 8.95. The predicted octanol–water partition coefficient (Wildman–Crippen LogP) is 2.68. The van der Waals surface area contributed by atoms with E-state index in [4.69, 9.17) is 5.73 Å². The summed E-state index contributed by atoms with van der Waals surface area (Å²) >= 11 is 0. The molecule has 5 heteroatoms. The molecule has 1 heterocycles. The first kappa shape index (κ1) is 13.1. The van der Waals surface area contributed by atoms with Crippen molar-refractivity contribution < 1.29 is 13.6 Å². The molecule has 2 N–H and O–H groups in total. The van der Waals surface area contributed by atoms with Crippen LogP contribution in [0.2, 0.25) is 0 Å². The number of aromatic nitrogens is 1. The fraction of sp³-hybridized carbons (Fsp3) is 0.143. The quantitative estimate of drug-likeness (QED) is 0.865. The highest BCUT2D eigenvalue weighted by molar-refractivity contribution is 6.01. The number of pyridine rings is 1. The predicted molar refractivity (Wildman–Crippen MR) is 67.8 cm³/mol. The third-order valence-electron chi connectivity index (χ3n) is 2.64. The number of aryl methyl sites for hydroxylation is 1. The minimum Gasteiger partial charge on any atom is -0.383 e. The molecule has 0 bridgehead atoms. The van der Waals surface area contributed by atoms with Gasteiger partial charge in [-0.2, -0.15) is 0 Å². The van der Waals surface area contributed by atoms with Crippen molar-refractivity contribution in [1.29, 1.82) is 0 Å². The summed E-state index contributed by atoms with van der Waals surface area (Å²) in [6, 6.07) is 4.62.